The Balaban J connectivity index is 1.74. The molecule has 1 saturated heterocycles. The first kappa shape index (κ1) is 15.1. The molecule has 0 amide bonds. The van der Waals surface area contributed by atoms with Crippen molar-refractivity contribution in [3.8, 4) is 22.8 Å². The molecule has 1 aromatic heterocycles. The van der Waals surface area contributed by atoms with E-state index in [4.69, 9.17) is 14.2 Å². The van der Waals surface area contributed by atoms with Gasteiger partial charge in [0.15, 0.2) is 5.13 Å². The van der Waals surface area contributed by atoms with Crippen molar-refractivity contribution in [3.63, 3.8) is 0 Å². The molecule has 0 aliphatic carbocycles. The van der Waals surface area contributed by atoms with Gasteiger partial charge in [-0.15, -0.1) is 11.3 Å². The first-order valence-electron chi connectivity index (χ1n) is 7.33. The van der Waals surface area contributed by atoms with Crippen molar-refractivity contribution in [2.45, 2.75) is 18.9 Å². The van der Waals surface area contributed by atoms with Crippen LogP contribution in [0.25, 0.3) is 11.3 Å². The first-order valence-corrected chi connectivity index (χ1v) is 8.21. The Labute approximate surface area is 134 Å². The predicted molar refractivity (Wildman–Crippen MR) is 88.1 cm³/mol. The number of anilines is 1. The van der Waals surface area contributed by atoms with E-state index in [2.05, 4.69) is 10.3 Å². The van der Waals surface area contributed by atoms with Gasteiger partial charge >= 0.3 is 0 Å². The lowest BCUT2D eigenvalue weighted by Crippen LogP contribution is -2.18. The molecule has 0 saturated carbocycles. The molecule has 1 aliphatic rings. The zero-order valence-corrected chi connectivity index (χ0v) is 13.6. The summed E-state index contributed by atoms with van der Waals surface area (Å²) in [5.41, 5.74) is 1.82. The molecular formula is C16H20N2O3S. The fourth-order valence-corrected chi connectivity index (χ4v) is 3.22. The SMILES string of the molecule is COc1ccc(OC)c(-c2csc(NC[C@@H]3CCCO3)n2)c1. The van der Waals surface area contributed by atoms with Gasteiger partial charge < -0.3 is 19.5 Å². The fourth-order valence-electron chi connectivity index (χ4n) is 2.50. The van der Waals surface area contributed by atoms with E-state index in [9.17, 15) is 0 Å². The van der Waals surface area contributed by atoms with Crippen LogP contribution in [0.15, 0.2) is 23.6 Å². The van der Waals surface area contributed by atoms with E-state index in [-0.39, 0.29) is 0 Å². The molecule has 2 aromatic rings. The lowest BCUT2D eigenvalue weighted by atomic mass is 10.1. The van der Waals surface area contributed by atoms with Crippen LogP contribution in [-0.4, -0.2) is 38.5 Å². The van der Waals surface area contributed by atoms with Crippen LogP contribution in [0, 0.1) is 0 Å². The quantitative estimate of drug-likeness (QED) is 0.884. The molecule has 0 spiro atoms. The monoisotopic (exact) mass is 320 g/mol. The minimum atomic E-state index is 0.304. The first-order chi connectivity index (χ1) is 10.8. The third-order valence-electron chi connectivity index (χ3n) is 3.69. The van der Waals surface area contributed by atoms with E-state index in [1.54, 1.807) is 25.6 Å². The van der Waals surface area contributed by atoms with Crippen LogP contribution >= 0.6 is 11.3 Å². The zero-order valence-electron chi connectivity index (χ0n) is 12.8. The molecule has 1 aliphatic heterocycles. The van der Waals surface area contributed by atoms with Crippen molar-refractivity contribution in [3.05, 3.63) is 23.6 Å². The molecule has 6 heteroatoms. The Bertz CT molecular complexity index is 624. The van der Waals surface area contributed by atoms with Gasteiger partial charge in [-0.2, -0.15) is 0 Å². The molecule has 1 fully saturated rings. The maximum absolute atomic E-state index is 5.61. The van der Waals surface area contributed by atoms with Gasteiger partial charge in [-0.1, -0.05) is 0 Å². The molecule has 1 aromatic carbocycles. The van der Waals surface area contributed by atoms with E-state index in [0.717, 1.165) is 53.9 Å². The molecular weight excluding hydrogens is 300 g/mol. The topological polar surface area (TPSA) is 52.6 Å². The summed E-state index contributed by atoms with van der Waals surface area (Å²) in [4.78, 5) is 4.64. The Morgan fingerprint density at radius 2 is 2.27 bits per heavy atom. The van der Waals surface area contributed by atoms with Gasteiger partial charge in [-0.25, -0.2) is 4.98 Å². The van der Waals surface area contributed by atoms with E-state index < -0.39 is 0 Å². The lowest BCUT2D eigenvalue weighted by molar-refractivity contribution is 0.120. The molecule has 22 heavy (non-hydrogen) atoms. The fraction of sp³-hybridized carbons (Fsp3) is 0.438. The molecule has 3 rings (SSSR count). The number of methoxy groups -OCH3 is 2. The third-order valence-corrected chi connectivity index (χ3v) is 4.49. The summed E-state index contributed by atoms with van der Waals surface area (Å²) >= 11 is 1.59. The van der Waals surface area contributed by atoms with Gasteiger partial charge in [0.05, 0.1) is 26.0 Å². The van der Waals surface area contributed by atoms with E-state index >= 15 is 0 Å². The molecule has 118 valence electrons. The largest absolute Gasteiger partial charge is 0.497 e. The molecule has 1 atom stereocenters. The van der Waals surface area contributed by atoms with Crippen LogP contribution in [0.5, 0.6) is 11.5 Å². The molecule has 1 N–H and O–H groups in total. The average Bonchev–Trinajstić information content (AvgIpc) is 3.23. The summed E-state index contributed by atoms with van der Waals surface area (Å²) in [7, 11) is 3.31. The van der Waals surface area contributed by atoms with E-state index in [0.29, 0.717) is 6.10 Å². The number of thiazole rings is 1. The van der Waals surface area contributed by atoms with Gasteiger partial charge in [-0.05, 0) is 31.0 Å². The van der Waals surface area contributed by atoms with Crippen LogP contribution in [0.1, 0.15) is 12.8 Å². The Morgan fingerprint density at radius 3 is 3.00 bits per heavy atom. The average molecular weight is 320 g/mol. The van der Waals surface area contributed by atoms with Crippen molar-refractivity contribution in [2.24, 2.45) is 0 Å². The summed E-state index contributed by atoms with van der Waals surface area (Å²) in [6.07, 6.45) is 2.57. The normalized spacial score (nSPS) is 17.5. The van der Waals surface area contributed by atoms with Crippen molar-refractivity contribution in [1.29, 1.82) is 0 Å². The highest BCUT2D eigenvalue weighted by Gasteiger charge is 2.16. The number of hydrogen-bond donors (Lipinski definition) is 1. The summed E-state index contributed by atoms with van der Waals surface area (Å²) in [6.45, 7) is 1.68. The van der Waals surface area contributed by atoms with Crippen molar-refractivity contribution >= 4 is 16.5 Å². The number of rotatable bonds is 6. The van der Waals surface area contributed by atoms with Gasteiger partial charge in [0.1, 0.15) is 11.5 Å². The van der Waals surface area contributed by atoms with E-state index in [1.165, 1.54) is 0 Å². The number of ether oxygens (including phenoxy) is 3. The van der Waals surface area contributed by atoms with Crippen LogP contribution in [0.4, 0.5) is 5.13 Å². The minimum absolute atomic E-state index is 0.304. The summed E-state index contributed by atoms with van der Waals surface area (Å²) in [6, 6.07) is 5.72. The number of nitrogens with zero attached hydrogens (tertiary/aromatic N) is 1. The van der Waals surface area contributed by atoms with Gasteiger partial charge in [0.25, 0.3) is 0 Å². The summed E-state index contributed by atoms with van der Waals surface area (Å²) in [5.74, 6) is 1.58. The van der Waals surface area contributed by atoms with Crippen molar-refractivity contribution < 1.29 is 14.2 Å². The van der Waals surface area contributed by atoms with Crippen molar-refractivity contribution in [1.82, 2.24) is 4.98 Å². The molecule has 0 unspecified atom stereocenters. The van der Waals surface area contributed by atoms with E-state index in [1.807, 2.05) is 23.6 Å². The third kappa shape index (κ3) is 3.34. The van der Waals surface area contributed by atoms with Gasteiger partial charge in [-0.3, -0.25) is 0 Å². The highest BCUT2D eigenvalue weighted by atomic mass is 32.1. The molecule has 5 nitrogen and oxygen atoms in total. The number of hydrogen-bond acceptors (Lipinski definition) is 6. The number of nitrogens with one attached hydrogen (secondary N) is 1. The second kappa shape index (κ2) is 6.98. The van der Waals surface area contributed by atoms with Crippen molar-refractivity contribution in [2.75, 3.05) is 32.7 Å². The Hall–Kier alpha value is -1.79. The van der Waals surface area contributed by atoms with Crippen LogP contribution < -0.4 is 14.8 Å². The molecule has 0 bridgehead atoms. The van der Waals surface area contributed by atoms with Gasteiger partial charge in [0.2, 0.25) is 0 Å². The Morgan fingerprint density at radius 1 is 1.36 bits per heavy atom. The minimum Gasteiger partial charge on any atom is -0.497 e. The number of benzene rings is 1. The lowest BCUT2D eigenvalue weighted by Gasteiger charge is -2.10. The van der Waals surface area contributed by atoms with Crippen LogP contribution in [-0.2, 0) is 4.74 Å². The highest BCUT2D eigenvalue weighted by Crippen LogP contribution is 2.35. The highest BCUT2D eigenvalue weighted by molar-refractivity contribution is 7.14. The Kier molecular flexibility index (Phi) is 4.80. The molecule has 2 heterocycles. The smallest absolute Gasteiger partial charge is 0.183 e. The standard InChI is InChI=1S/C16H20N2O3S/c1-19-11-5-6-15(20-2)13(8-11)14-10-22-16(18-14)17-9-12-4-3-7-21-12/h5-6,8,10,12H,3-4,7,9H2,1-2H3,(H,17,18)/t12-/m0/s1. The second-order valence-electron chi connectivity index (χ2n) is 5.12. The maximum Gasteiger partial charge on any atom is 0.183 e. The maximum atomic E-state index is 5.61. The zero-order chi connectivity index (χ0) is 15.4. The van der Waals surface area contributed by atoms with Crippen LogP contribution in [0.3, 0.4) is 0 Å². The molecule has 0 radical (unpaired) electrons. The predicted octanol–water partition coefficient (Wildman–Crippen LogP) is 3.42. The summed E-state index contributed by atoms with van der Waals surface area (Å²) in [5, 5.41) is 6.27. The van der Waals surface area contributed by atoms with Gasteiger partial charge in [0, 0.05) is 24.1 Å². The van der Waals surface area contributed by atoms with Crippen LogP contribution in [0.2, 0.25) is 0 Å². The summed E-state index contributed by atoms with van der Waals surface area (Å²) < 4.78 is 16.3. The number of aromatic nitrogens is 1. The second-order valence-corrected chi connectivity index (χ2v) is 5.98.